The Balaban J connectivity index is 2.24. The average Bonchev–Trinajstić information content (AvgIpc) is 2.58. The van der Waals surface area contributed by atoms with Crippen LogP contribution in [0.25, 0.3) is 0 Å². The summed E-state index contributed by atoms with van der Waals surface area (Å²) in [5.41, 5.74) is 5.72. The lowest BCUT2D eigenvalue weighted by atomic mass is 9.98. The standard InChI is InChI=1S/C10H22N2O/c1-8(2)6-12-10(5-11)9-3-4-13-7-9/h8-10,12H,3-7,11H2,1-2H3. The van der Waals surface area contributed by atoms with Gasteiger partial charge in [-0.2, -0.15) is 0 Å². The quantitative estimate of drug-likeness (QED) is 0.661. The van der Waals surface area contributed by atoms with E-state index in [0.717, 1.165) is 32.7 Å². The van der Waals surface area contributed by atoms with Crippen molar-refractivity contribution < 1.29 is 4.74 Å². The first-order chi connectivity index (χ1) is 6.24. The maximum Gasteiger partial charge on any atom is 0.0510 e. The molecule has 78 valence electrons. The highest BCUT2D eigenvalue weighted by atomic mass is 16.5. The summed E-state index contributed by atoms with van der Waals surface area (Å²) in [5, 5.41) is 3.51. The Morgan fingerprint density at radius 1 is 1.54 bits per heavy atom. The fraction of sp³-hybridized carbons (Fsp3) is 1.00. The van der Waals surface area contributed by atoms with E-state index in [2.05, 4.69) is 19.2 Å². The maximum absolute atomic E-state index is 5.72. The van der Waals surface area contributed by atoms with Crippen molar-refractivity contribution in [2.75, 3.05) is 26.3 Å². The minimum absolute atomic E-state index is 0.449. The number of rotatable bonds is 5. The van der Waals surface area contributed by atoms with Gasteiger partial charge in [0.25, 0.3) is 0 Å². The molecule has 1 fully saturated rings. The van der Waals surface area contributed by atoms with Gasteiger partial charge in [0.1, 0.15) is 0 Å². The van der Waals surface area contributed by atoms with Gasteiger partial charge in [-0.25, -0.2) is 0 Å². The molecule has 0 aromatic heterocycles. The van der Waals surface area contributed by atoms with Gasteiger partial charge in [0.2, 0.25) is 0 Å². The second-order valence-electron chi connectivity index (χ2n) is 4.27. The van der Waals surface area contributed by atoms with Crippen molar-refractivity contribution in [1.82, 2.24) is 5.32 Å². The summed E-state index contributed by atoms with van der Waals surface area (Å²) in [5.74, 6) is 1.32. The minimum Gasteiger partial charge on any atom is -0.381 e. The first kappa shape index (κ1) is 11.0. The predicted molar refractivity (Wildman–Crippen MR) is 54.6 cm³/mol. The van der Waals surface area contributed by atoms with Gasteiger partial charge in [-0.15, -0.1) is 0 Å². The Morgan fingerprint density at radius 3 is 2.77 bits per heavy atom. The molecule has 0 amide bonds. The van der Waals surface area contributed by atoms with Crippen LogP contribution in [0, 0.1) is 11.8 Å². The van der Waals surface area contributed by atoms with E-state index in [1.807, 2.05) is 0 Å². The molecule has 1 saturated heterocycles. The molecule has 3 nitrogen and oxygen atoms in total. The molecule has 1 rings (SSSR count). The summed E-state index contributed by atoms with van der Waals surface area (Å²) in [7, 11) is 0. The first-order valence-electron chi connectivity index (χ1n) is 5.25. The molecule has 0 aromatic carbocycles. The van der Waals surface area contributed by atoms with Gasteiger partial charge in [-0.05, 0) is 18.9 Å². The first-order valence-corrected chi connectivity index (χ1v) is 5.25. The van der Waals surface area contributed by atoms with E-state index in [1.54, 1.807) is 0 Å². The third-order valence-corrected chi connectivity index (χ3v) is 2.58. The third kappa shape index (κ3) is 3.63. The molecule has 2 unspecified atom stereocenters. The molecule has 1 heterocycles. The van der Waals surface area contributed by atoms with Gasteiger partial charge in [0.15, 0.2) is 0 Å². The second kappa shape index (κ2) is 5.58. The lowest BCUT2D eigenvalue weighted by Crippen LogP contribution is -2.43. The van der Waals surface area contributed by atoms with Gasteiger partial charge in [0, 0.05) is 25.1 Å². The van der Waals surface area contributed by atoms with E-state index in [1.165, 1.54) is 0 Å². The zero-order valence-electron chi connectivity index (χ0n) is 8.75. The fourth-order valence-corrected chi connectivity index (χ4v) is 1.70. The lowest BCUT2D eigenvalue weighted by Gasteiger charge is -2.23. The van der Waals surface area contributed by atoms with Crippen molar-refractivity contribution in [2.24, 2.45) is 17.6 Å². The van der Waals surface area contributed by atoms with Crippen LogP contribution in [0.4, 0.5) is 0 Å². The van der Waals surface area contributed by atoms with E-state index < -0.39 is 0 Å². The normalized spacial score (nSPS) is 25.4. The zero-order valence-corrected chi connectivity index (χ0v) is 8.75. The summed E-state index contributed by atoms with van der Waals surface area (Å²) < 4.78 is 5.35. The van der Waals surface area contributed by atoms with Gasteiger partial charge >= 0.3 is 0 Å². The van der Waals surface area contributed by atoms with Crippen LogP contribution >= 0.6 is 0 Å². The molecule has 1 aliphatic rings. The van der Waals surface area contributed by atoms with Gasteiger partial charge in [-0.3, -0.25) is 0 Å². The highest BCUT2D eigenvalue weighted by molar-refractivity contribution is 4.80. The Hall–Kier alpha value is -0.120. The summed E-state index contributed by atoms with van der Waals surface area (Å²) >= 11 is 0. The topological polar surface area (TPSA) is 47.3 Å². The second-order valence-corrected chi connectivity index (χ2v) is 4.27. The van der Waals surface area contributed by atoms with Crippen LogP contribution in [0.5, 0.6) is 0 Å². The van der Waals surface area contributed by atoms with E-state index in [-0.39, 0.29) is 0 Å². The van der Waals surface area contributed by atoms with Crippen LogP contribution in [-0.2, 0) is 4.74 Å². The number of nitrogens with one attached hydrogen (secondary N) is 1. The smallest absolute Gasteiger partial charge is 0.0510 e. The summed E-state index contributed by atoms with van der Waals surface area (Å²) in [6.45, 7) is 7.99. The van der Waals surface area contributed by atoms with E-state index in [0.29, 0.717) is 17.9 Å². The van der Waals surface area contributed by atoms with Crippen molar-refractivity contribution in [1.29, 1.82) is 0 Å². The molecule has 2 atom stereocenters. The summed E-state index contributed by atoms with van der Waals surface area (Å²) in [4.78, 5) is 0. The maximum atomic E-state index is 5.72. The van der Waals surface area contributed by atoms with Crippen molar-refractivity contribution in [3.05, 3.63) is 0 Å². The monoisotopic (exact) mass is 186 g/mol. The Bertz CT molecular complexity index is 133. The predicted octanol–water partition coefficient (Wildman–Crippen LogP) is 0.596. The molecule has 0 aromatic rings. The highest BCUT2D eigenvalue weighted by Gasteiger charge is 2.24. The zero-order chi connectivity index (χ0) is 9.68. The van der Waals surface area contributed by atoms with Gasteiger partial charge in [-0.1, -0.05) is 13.8 Å². The number of hydrogen-bond acceptors (Lipinski definition) is 3. The Morgan fingerprint density at radius 2 is 2.31 bits per heavy atom. The molecule has 3 N–H and O–H groups in total. The third-order valence-electron chi connectivity index (χ3n) is 2.58. The van der Waals surface area contributed by atoms with Crippen LogP contribution in [0.3, 0.4) is 0 Å². The van der Waals surface area contributed by atoms with Crippen LogP contribution in [0.15, 0.2) is 0 Å². The van der Waals surface area contributed by atoms with Crippen LogP contribution in [0.1, 0.15) is 20.3 Å². The van der Waals surface area contributed by atoms with E-state index in [9.17, 15) is 0 Å². The SMILES string of the molecule is CC(C)CNC(CN)C1CCOC1. The fourth-order valence-electron chi connectivity index (χ4n) is 1.70. The number of ether oxygens (including phenoxy) is 1. The van der Waals surface area contributed by atoms with E-state index in [4.69, 9.17) is 10.5 Å². The molecule has 0 aliphatic carbocycles. The average molecular weight is 186 g/mol. The molecule has 13 heavy (non-hydrogen) atoms. The Kier molecular flexibility index (Phi) is 4.70. The van der Waals surface area contributed by atoms with Crippen LogP contribution < -0.4 is 11.1 Å². The number of hydrogen-bond donors (Lipinski definition) is 2. The molecule has 0 spiro atoms. The van der Waals surface area contributed by atoms with Crippen LogP contribution in [0.2, 0.25) is 0 Å². The number of nitrogens with two attached hydrogens (primary N) is 1. The van der Waals surface area contributed by atoms with Crippen LogP contribution in [-0.4, -0.2) is 32.3 Å². The van der Waals surface area contributed by atoms with Crippen molar-refractivity contribution >= 4 is 0 Å². The summed E-state index contributed by atoms with van der Waals surface area (Å²) in [6, 6.07) is 0.449. The molecule has 0 saturated carbocycles. The van der Waals surface area contributed by atoms with Gasteiger partial charge < -0.3 is 15.8 Å². The molecular formula is C10H22N2O. The molecule has 0 radical (unpaired) electrons. The lowest BCUT2D eigenvalue weighted by molar-refractivity contribution is 0.176. The molecular weight excluding hydrogens is 164 g/mol. The minimum atomic E-state index is 0.449. The molecule has 0 bridgehead atoms. The largest absolute Gasteiger partial charge is 0.381 e. The van der Waals surface area contributed by atoms with Gasteiger partial charge in [0.05, 0.1) is 6.61 Å². The van der Waals surface area contributed by atoms with Crippen molar-refractivity contribution in [3.63, 3.8) is 0 Å². The van der Waals surface area contributed by atoms with Crippen molar-refractivity contribution in [2.45, 2.75) is 26.3 Å². The molecule has 3 heteroatoms. The Labute approximate surface area is 81.0 Å². The summed E-state index contributed by atoms with van der Waals surface area (Å²) in [6.07, 6.45) is 1.16. The van der Waals surface area contributed by atoms with Crippen molar-refractivity contribution in [3.8, 4) is 0 Å². The van der Waals surface area contributed by atoms with E-state index >= 15 is 0 Å². The highest BCUT2D eigenvalue weighted by Crippen LogP contribution is 2.16. The molecule has 1 aliphatic heterocycles.